The van der Waals surface area contributed by atoms with Crippen molar-refractivity contribution in [2.75, 3.05) is 6.26 Å². The Morgan fingerprint density at radius 3 is 2.55 bits per heavy atom. The summed E-state index contributed by atoms with van der Waals surface area (Å²) in [5.41, 5.74) is 0.834. The molecule has 0 bridgehead atoms. The van der Waals surface area contributed by atoms with Gasteiger partial charge >= 0.3 is 0 Å². The van der Waals surface area contributed by atoms with E-state index in [9.17, 15) is 22.0 Å². The van der Waals surface area contributed by atoms with Crippen LogP contribution in [0.15, 0.2) is 52.3 Å². The Kier molecular flexibility index (Phi) is 4.46. The number of H-pyrrole nitrogens is 1. The van der Waals surface area contributed by atoms with Crippen molar-refractivity contribution in [3.05, 3.63) is 81.4 Å². The van der Waals surface area contributed by atoms with Gasteiger partial charge < -0.3 is 4.98 Å². The van der Waals surface area contributed by atoms with E-state index in [1.807, 2.05) is 0 Å². The van der Waals surface area contributed by atoms with Crippen LogP contribution in [0.4, 0.5) is 8.78 Å². The predicted molar refractivity (Wildman–Crippen MR) is 107 cm³/mol. The Labute approximate surface area is 165 Å². The first-order valence-electron chi connectivity index (χ1n) is 8.74. The van der Waals surface area contributed by atoms with Crippen LogP contribution in [0.3, 0.4) is 0 Å². The molecular formula is C21H16F2N2O3S. The number of sulfone groups is 1. The maximum Gasteiger partial charge on any atom is 0.256 e. The number of rotatable bonds is 3. The summed E-state index contributed by atoms with van der Waals surface area (Å²) in [4.78, 5) is 19.6. The molecule has 148 valence electrons. The molecule has 1 N–H and O–H groups in total. The van der Waals surface area contributed by atoms with Gasteiger partial charge in [-0.25, -0.2) is 17.2 Å². The number of nitrogens with one attached hydrogen (secondary N) is 1. The Morgan fingerprint density at radius 1 is 1.07 bits per heavy atom. The van der Waals surface area contributed by atoms with E-state index in [1.54, 1.807) is 6.07 Å². The highest BCUT2D eigenvalue weighted by atomic mass is 32.2. The van der Waals surface area contributed by atoms with Gasteiger partial charge in [-0.3, -0.25) is 9.78 Å². The zero-order valence-corrected chi connectivity index (χ0v) is 16.4. The topological polar surface area (TPSA) is 79.9 Å². The zero-order chi connectivity index (χ0) is 20.9. The van der Waals surface area contributed by atoms with Crippen LogP contribution in [-0.2, 0) is 16.3 Å². The summed E-state index contributed by atoms with van der Waals surface area (Å²) < 4.78 is 52.4. The number of hydrogen-bond donors (Lipinski definition) is 1. The lowest BCUT2D eigenvalue weighted by Gasteiger charge is -2.12. The first-order chi connectivity index (χ1) is 13.6. The first-order valence-corrected chi connectivity index (χ1v) is 10.6. The van der Waals surface area contributed by atoms with Gasteiger partial charge in [0.25, 0.3) is 5.56 Å². The van der Waals surface area contributed by atoms with Crippen molar-refractivity contribution in [1.29, 1.82) is 0 Å². The summed E-state index contributed by atoms with van der Waals surface area (Å²) in [6.07, 6.45) is 2.48. The fourth-order valence-corrected chi connectivity index (χ4v) is 4.54. The quantitative estimate of drug-likeness (QED) is 0.410. The molecule has 0 unspecified atom stereocenters. The first kappa shape index (κ1) is 19.2. The lowest BCUT2D eigenvalue weighted by Crippen LogP contribution is -2.09. The highest BCUT2D eigenvalue weighted by molar-refractivity contribution is 7.90. The van der Waals surface area contributed by atoms with Gasteiger partial charge in [-0.1, -0.05) is 0 Å². The molecule has 4 aromatic rings. The average molecular weight is 414 g/mol. The van der Waals surface area contributed by atoms with Crippen molar-refractivity contribution >= 4 is 31.5 Å². The minimum Gasteiger partial charge on any atom is -0.329 e. The van der Waals surface area contributed by atoms with Gasteiger partial charge in [0, 0.05) is 29.6 Å². The van der Waals surface area contributed by atoms with E-state index in [-0.39, 0.29) is 22.3 Å². The second-order valence-electron chi connectivity index (χ2n) is 6.97. The summed E-state index contributed by atoms with van der Waals surface area (Å²) in [7, 11) is -3.54. The molecule has 0 atom stereocenters. The minimum absolute atomic E-state index is 0.0259. The fourth-order valence-electron chi connectivity index (χ4n) is 3.54. The van der Waals surface area contributed by atoms with E-state index in [0.29, 0.717) is 27.5 Å². The third kappa shape index (κ3) is 3.40. The van der Waals surface area contributed by atoms with Crippen molar-refractivity contribution in [3.63, 3.8) is 0 Å². The molecule has 4 rings (SSSR count). The van der Waals surface area contributed by atoms with Gasteiger partial charge in [-0.15, -0.1) is 0 Å². The lowest BCUT2D eigenvalue weighted by molar-refractivity contribution is 0.596. The van der Waals surface area contributed by atoms with Gasteiger partial charge in [-0.05, 0) is 54.4 Å². The van der Waals surface area contributed by atoms with Crippen molar-refractivity contribution in [2.45, 2.75) is 18.2 Å². The third-order valence-corrected chi connectivity index (χ3v) is 6.10. The summed E-state index contributed by atoms with van der Waals surface area (Å²) >= 11 is 0. The molecule has 0 amide bonds. The molecule has 0 spiro atoms. The Balaban J connectivity index is 1.99. The number of aryl methyl sites for hydroxylation is 1. The summed E-state index contributed by atoms with van der Waals surface area (Å²) in [5.74, 6) is -1.06. The Bertz CT molecular complexity index is 1460. The molecule has 2 heterocycles. The maximum absolute atomic E-state index is 14.6. The van der Waals surface area contributed by atoms with E-state index in [0.717, 1.165) is 6.26 Å². The second-order valence-corrected chi connectivity index (χ2v) is 8.96. The van der Waals surface area contributed by atoms with E-state index >= 15 is 0 Å². The molecule has 2 aromatic carbocycles. The van der Waals surface area contributed by atoms with E-state index in [4.69, 9.17) is 0 Å². The second kappa shape index (κ2) is 6.73. The van der Waals surface area contributed by atoms with E-state index in [1.165, 1.54) is 43.5 Å². The molecule has 8 heteroatoms. The molecule has 2 aromatic heterocycles. The van der Waals surface area contributed by atoms with Gasteiger partial charge in [0.2, 0.25) is 0 Å². The summed E-state index contributed by atoms with van der Waals surface area (Å²) in [5, 5.41) is 1.06. The zero-order valence-electron chi connectivity index (χ0n) is 15.6. The van der Waals surface area contributed by atoms with Gasteiger partial charge in [0.05, 0.1) is 21.5 Å². The highest BCUT2D eigenvalue weighted by Gasteiger charge is 2.18. The molecule has 5 nitrogen and oxygen atoms in total. The van der Waals surface area contributed by atoms with E-state index in [2.05, 4.69) is 9.97 Å². The molecule has 0 radical (unpaired) electrons. The molecule has 0 saturated carbocycles. The Hall–Kier alpha value is -3.13. The molecule has 0 aliphatic carbocycles. The fraction of sp³-hybridized carbons (Fsp3) is 0.143. The van der Waals surface area contributed by atoms with Crippen molar-refractivity contribution in [2.24, 2.45) is 0 Å². The predicted octanol–water partition coefficient (Wildman–Crippen LogP) is 3.66. The number of nitrogens with zero attached hydrogens (tertiary/aromatic N) is 1. The molecule has 29 heavy (non-hydrogen) atoms. The number of aromatic nitrogens is 2. The molecule has 0 fully saturated rings. The van der Waals surface area contributed by atoms with Crippen LogP contribution in [0.2, 0.25) is 0 Å². The summed E-state index contributed by atoms with van der Waals surface area (Å²) in [6, 6.07) is 8.02. The molecular weight excluding hydrogens is 398 g/mol. The number of pyridine rings is 2. The summed E-state index contributed by atoms with van der Waals surface area (Å²) in [6.45, 7) is 1.53. The van der Waals surface area contributed by atoms with Crippen LogP contribution in [-0.4, -0.2) is 24.6 Å². The van der Waals surface area contributed by atoms with Crippen LogP contribution in [0.1, 0.15) is 16.8 Å². The number of hydrogen-bond acceptors (Lipinski definition) is 4. The van der Waals surface area contributed by atoms with Crippen LogP contribution in [0.25, 0.3) is 21.7 Å². The molecule has 0 aliphatic heterocycles. The molecule has 0 saturated heterocycles. The van der Waals surface area contributed by atoms with Crippen molar-refractivity contribution in [3.8, 4) is 0 Å². The third-order valence-electron chi connectivity index (χ3n) is 4.86. The van der Waals surface area contributed by atoms with Gasteiger partial charge in [0.15, 0.2) is 9.84 Å². The van der Waals surface area contributed by atoms with Crippen LogP contribution in [0.5, 0.6) is 0 Å². The number of fused-ring (bicyclic) bond motifs is 3. The average Bonchev–Trinajstić information content (AvgIpc) is 2.63. The standard InChI is InChI=1S/C21H16F2N2O3S/c1-11-7-16(23)12(9-19(11)29(2,27)28)8-18-14-5-6-24-21(26)20(14)15-10-13(22)3-4-17(15)25-18/h3-7,9-10H,8H2,1-2H3,(H,24,26). The van der Waals surface area contributed by atoms with Gasteiger partial charge in [0.1, 0.15) is 11.6 Å². The smallest absolute Gasteiger partial charge is 0.256 e. The van der Waals surface area contributed by atoms with Crippen molar-refractivity contribution in [1.82, 2.24) is 9.97 Å². The lowest BCUT2D eigenvalue weighted by atomic mass is 10.0. The Morgan fingerprint density at radius 2 is 1.83 bits per heavy atom. The van der Waals surface area contributed by atoms with Gasteiger partial charge in [-0.2, -0.15) is 0 Å². The maximum atomic E-state index is 14.6. The van der Waals surface area contributed by atoms with Crippen LogP contribution in [0, 0.1) is 18.6 Å². The van der Waals surface area contributed by atoms with E-state index < -0.39 is 27.0 Å². The van der Waals surface area contributed by atoms with Crippen molar-refractivity contribution < 1.29 is 17.2 Å². The SMILES string of the molecule is Cc1cc(F)c(Cc2nc3ccc(F)cc3c3c(=O)[nH]ccc23)cc1S(C)(=O)=O. The molecule has 0 aliphatic rings. The van der Waals surface area contributed by atoms with Crippen LogP contribution >= 0.6 is 0 Å². The number of halogens is 2. The normalized spacial score (nSPS) is 12.0. The number of aromatic amines is 1. The highest BCUT2D eigenvalue weighted by Crippen LogP contribution is 2.28. The van der Waals surface area contributed by atoms with Crippen LogP contribution < -0.4 is 5.56 Å². The largest absolute Gasteiger partial charge is 0.329 e. The monoisotopic (exact) mass is 414 g/mol. The number of benzene rings is 2. The minimum atomic E-state index is -3.54.